The number of nitrogens with one attached hydrogen (secondary N) is 1. The predicted octanol–water partition coefficient (Wildman–Crippen LogP) is 5.05. The van der Waals surface area contributed by atoms with Gasteiger partial charge in [0.05, 0.1) is 5.71 Å². The van der Waals surface area contributed by atoms with Gasteiger partial charge in [0.15, 0.2) is 0 Å². The van der Waals surface area contributed by atoms with Crippen LogP contribution in [-0.2, 0) is 4.84 Å². The lowest BCUT2D eigenvalue weighted by molar-refractivity contribution is -0.0274. The van der Waals surface area contributed by atoms with Gasteiger partial charge in [0.2, 0.25) is 0 Å². The van der Waals surface area contributed by atoms with Gasteiger partial charge in [-0.2, -0.15) is 0 Å². The van der Waals surface area contributed by atoms with Gasteiger partial charge in [0, 0.05) is 19.3 Å². The number of benzene rings is 1. The van der Waals surface area contributed by atoms with Crippen LogP contribution in [0.2, 0.25) is 0 Å². The average molecular weight is 381 g/mol. The van der Waals surface area contributed by atoms with E-state index in [1.165, 1.54) is 5.56 Å². The lowest BCUT2D eigenvalue weighted by Gasteiger charge is -2.25. The highest BCUT2D eigenvalue weighted by Crippen LogP contribution is 2.32. The molecule has 4 heteroatoms. The molecule has 0 aliphatic carbocycles. The van der Waals surface area contributed by atoms with E-state index in [2.05, 4.69) is 54.5 Å². The number of oxime groups is 1. The minimum atomic E-state index is -0.212. The summed E-state index contributed by atoms with van der Waals surface area (Å²) in [5, 5.41) is 17.7. The van der Waals surface area contributed by atoms with Crippen molar-refractivity contribution in [1.29, 1.82) is 0 Å². The van der Waals surface area contributed by atoms with Crippen LogP contribution in [-0.4, -0.2) is 29.5 Å². The van der Waals surface area contributed by atoms with Gasteiger partial charge in [-0.25, -0.2) is 0 Å². The van der Waals surface area contributed by atoms with E-state index >= 15 is 0 Å². The van der Waals surface area contributed by atoms with Gasteiger partial charge in [-0.1, -0.05) is 48.0 Å². The minimum Gasteiger partial charge on any atom is -0.508 e. The van der Waals surface area contributed by atoms with Crippen LogP contribution in [0.15, 0.2) is 52.9 Å². The summed E-state index contributed by atoms with van der Waals surface area (Å²) in [5.41, 5.74) is 4.04. The number of aliphatic hydroxyl groups excluding tert-OH is 1. The van der Waals surface area contributed by atoms with Crippen LogP contribution in [0.4, 0.5) is 0 Å². The third-order valence-corrected chi connectivity index (χ3v) is 5.19. The Morgan fingerprint density at radius 2 is 2.11 bits per heavy atom. The molecule has 2 rings (SSSR count). The molecule has 1 aliphatic rings. The standard InChI is InChI=1S/C24H32N2O2/c1-5-9-20(4)23(27)10-7-8-16-25-17-15-24(6-2)18-22(26-28-24)21-13-11-19(3)12-14-21/h1,7,10-14,25,27H,6,8-9,15-18H2,2-4H3/b10-7-,23-20+. The van der Waals surface area contributed by atoms with Crippen molar-refractivity contribution >= 4 is 5.71 Å². The van der Waals surface area contributed by atoms with Crippen LogP contribution < -0.4 is 5.32 Å². The quantitative estimate of drug-likeness (QED) is 0.258. The fraction of sp³-hybridized carbons (Fsp3) is 0.458. The first-order chi connectivity index (χ1) is 13.5. The van der Waals surface area contributed by atoms with Gasteiger partial charge in [0.1, 0.15) is 11.4 Å². The van der Waals surface area contributed by atoms with Crippen molar-refractivity contribution in [2.24, 2.45) is 5.16 Å². The highest BCUT2D eigenvalue weighted by atomic mass is 16.7. The molecule has 2 N–H and O–H groups in total. The molecule has 4 nitrogen and oxygen atoms in total. The number of rotatable bonds is 10. The molecule has 1 aliphatic heterocycles. The highest BCUT2D eigenvalue weighted by molar-refractivity contribution is 6.01. The topological polar surface area (TPSA) is 53.8 Å². The van der Waals surface area contributed by atoms with E-state index in [-0.39, 0.29) is 11.4 Å². The number of hydrogen-bond donors (Lipinski definition) is 2. The SMILES string of the molecule is C#CC/C(C)=C(O)\C=C/CCNCCC1(CC)CC(c2ccc(C)cc2)=NO1. The Labute approximate surface area is 169 Å². The molecule has 1 heterocycles. The second-order valence-corrected chi connectivity index (χ2v) is 7.45. The third kappa shape index (κ3) is 6.28. The Hall–Kier alpha value is -2.51. The molecule has 0 saturated carbocycles. The van der Waals surface area contributed by atoms with E-state index < -0.39 is 0 Å². The van der Waals surface area contributed by atoms with E-state index in [0.717, 1.165) is 55.6 Å². The predicted molar refractivity (Wildman–Crippen MR) is 116 cm³/mol. The van der Waals surface area contributed by atoms with Crippen molar-refractivity contribution < 1.29 is 9.94 Å². The summed E-state index contributed by atoms with van der Waals surface area (Å²) in [6.45, 7) is 7.81. The Kier molecular flexibility index (Phi) is 8.35. The molecule has 1 atom stereocenters. The minimum absolute atomic E-state index is 0.212. The van der Waals surface area contributed by atoms with Gasteiger partial charge >= 0.3 is 0 Å². The van der Waals surface area contributed by atoms with Crippen molar-refractivity contribution in [3.05, 3.63) is 58.9 Å². The molecule has 1 aromatic carbocycles. The van der Waals surface area contributed by atoms with Crippen LogP contribution in [0.1, 0.15) is 57.1 Å². The first-order valence-electron chi connectivity index (χ1n) is 10.0. The maximum Gasteiger partial charge on any atom is 0.144 e. The van der Waals surface area contributed by atoms with Crippen LogP contribution in [0, 0.1) is 19.3 Å². The zero-order valence-corrected chi connectivity index (χ0v) is 17.3. The van der Waals surface area contributed by atoms with Gasteiger partial charge in [-0.05, 0) is 57.0 Å². The van der Waals surface area contributed by atoms with Crippen LogP contribution in [0.5, 0.6) is 0 Å². The molecule has 0 spiro atoms. The van der Waals surface area contributed by atoms with Crippen molar-refractivity contribution in [3.63, 3.8) is 0 Å². The van der Waals surface area contributed by atoms with Crippen molar-refractivity contribution in [2.75, 3.05) is 13.1 Å². The molecule has 1 aromatic rings. The second-order valence-electron chi connectivity index (χ2n) is 7.45. The van der Waals surface area contributed by atoms with E-state index in [1.807, 2.05) is 13.0 Å². The fourth-order valence-electron chi connectivity index (χ4n) is 3.13. The number of terminal acetylenes is 1. The average Bonchev–Trinajstić information content (AvgIpc) is 3.12. The molecule has 0 aromatic heterocycles. The molecule has 150 valence electrons. The number of aryl methyl sites for hydroxylation is 1. The summed E-state index contributed by atoms with van der Waals surface area (Å²) in [4.78, 5) is 5.87. The van der Waals surface area contributed by atoms with Crippen LogP contribution in [0.25, 0.3) is 0 Å². The fourth-order valence-corrected chi connectivity index (χ4v) is 3.13. The molecule has 0 saturated heterocycles. The maximum absolute atomic E-state index is 9.84. The molecule has 0 bridgehead atoms. The van der Waals surface area contributed by atoms with Gasteiger partial charge in [-0.15, -0.1) is 12.3 Å². The van der Waals surface area contributed by atoms with E-state index in [0.29, 0.717) is 6.42 Å². The number of aliphatic hydroxyl groups is 1. The Bertz CT molecular complexity index is 769. The molecule has 0 radical (unpaired) electrons. The van der Waals surface area contributed by atoms with Crippen molar-refractivity contribution in [1.82, 2.24) is 5.32 Å². The van der Waals surface area contributed by atoms with Gasteiger partial charge < -0.3 is 15.3 Å². The lowest BCUT2D eigenvalue weighted by atomic mass is 9.88. The van der Waals surface area contributed by atoms with Crippen LogP contribution in [0.3, 0.4) is 0 Å². The summed E-state index contributed by atoms with van der Waals surface area (Å²) in [5.74, 6) is 2.80. The first kappa shape index (κ1) is 21.8. The summed E-state index contributed by atoms with van der Waals surface area (Å²) >= 11 is 0. The van der Waals surface area contributed by atoms with Gasteiger partial charge in [0.25, 0.3) is 0 Å². The number of hydrogen-bond acceptors (Lipinski definition) is 4. The molecule has 0 fully saturated rings. The largest absolute Gasteiger partial charge is 0.508 e. The molecule has 28 heavy (non-hydrogen) atoms. The smallest absolute Gasteiger partial charge is 0.144 e. The Balaban J connectivity index is 1.73. The van der Waals surface area contributed by atoms with Crippen molar-refractivity contribution in [2.45, 2.75) is 58.5 Å². The lowest BCUT2D eigenvalue weighted by Crippen LogP contribution is -2.33. The zero-order chi connectivity index (χ0) is 20.4. The summed E-state index contributed by atoms with van der Waals surface area (Å²) < 4.78 is 0. The molecule has 1 unspecified atom stereocenters. The first-order valence-corrected chi connectivity index (χ1v) is 10.0. The van der Waals surface area contributed by atoms with E-state index in [4.69, 9.17) is 11.3 Å². The second kappa shape index (κ2) is 10.7. The number of nitrogens with zero attached hydrogens (tertiary/aromatic N) is 1. The third-order valence-electron chi connectivity index (χ3n) is 5.19. The number of allylic oxidation sites excluding steroid dienone is 2. The van der Waals surface area contributed by atoms with E-state index in [9.17, 15) is 5.11 Å². The normalized spacial score (nSPS) is 19.9. The van der Waals surface area contributed by atoms with Crippen LogP contribution >= 0.6 is 0 Å². The van der Waals surface area contributed by atoms with Crippen molar-refractivity contribution in [3.8, 4) is 12.3 Å². The summed E-state index contributed by atoms with van der Waals surface area (Å²) in [6, 6.07) is 8.45. The van der Waals surface area contributed by atoms with Gasteiger partial charge in [-0.3, -0.25) is 0 Å². The molecular weight excluding hydrogens is 348 g/mol. The Morgan fingerprint density at radius 1 is 1.36 bits per heavy atom. The Morgan fingerprint density at radius 3 is 2.79 bits per heavy atom. The van der Waals surface area contributed by atoms with E-state index in [1.54, 1.807) is 6.08 Å². The highest BCUT2D eigenvalue weighted by Gasteiger charge is 2.37. The summed E-state index contributed by atoms with van der Waals surface area (Å²) in [6.07, 6.45) is 13.0. The zero-order valence-electron chi connectivity index (χ0n) is 17.3. The maximum atomic E-state index is 9.84. The molecular formula is C24H32N2O2. The summed E-state index contributed by atoms with van der Waals surface area (Å²) in [7, 11) is 0. The monoisotopic (exact) mass is 380 g/mol. The molecule has 0 amide bonds.